The van der Waals surface area contributed by atoms with E-state index in [1.54, 1.807) is 21.3 Å². The van der Waals surface area contributed by atoms with Crippen LogP contribution in [0, 0.1) is 0 Å². The van der Waals surface area contributed by atoms with Gasteiger partial charge in [0.25, 0.3) is 0 Å². The molecule has 3 atom stereocenters. The Morgan fingerprint density at radius 1 is 0.818 bits per heavy atom. The molecule has 0 aromatic rings. The van der Waals surface area contributed by atoms with Gasteiger partial charge in [-0.15, -0.1) is 0 Å². The standard InChI is InChI=1S/C12H26N3O3.3ClH.Ti/c1-16-10-4-7-14-12(18-3)6-9-15-11(17-2)5-8-13-10;;;;/h10-14H,4-9H2,1-3H3;3*1H;/q-1;;;;+4/p-3. The van der Waals surface area contributed by atoms with Crippen LogP contribution in [0.15, 0.2) is 0 Å². The molecule has 1 fully saturated rings. The van der Waals surface area contributed by atoms with Crippen LogP contribution in [-0.4, -0.2) is 63.0 Å². The van der Waals surface area contributed by atoms with E-state index in [0.29, 0.717) is 0 Å². The summed E-state index contributed by atoms with van der Waals surface area (Å²) in [6.45, 7) is 2.70. The fourth-order valence-corrected chi connectivity index (χ4v) is 2.72. The van der Waals surface area contributed by atoms with E-state index in [0.717, 1.165) is 38.9 Å². The molecule has 1 aliphatic rings. The summed E-state index contributed by atoms with van der Waals surface area (Å²) >= 11 is 2.08. The molecule has 132 valence electrons. The Balaban J connectivity index is -0.00000120. The van der Waals surface area contributed by atoms with Crippen molar-refractivity contribution >= 4 is 0 Å². The van der Waals surface area contributed by atoms with Gasteiger partial charge in [-0.05, 0) is 0 Å². The van der Waals surface area contributed by atoms with Gasteiger partial charge >= 0.3 is 128 Å². The van der Waals surface area contributed by atoms with Crippen molar-refractivity contribution in [1.82, 2.24) is 14.0 Å². The molecule has 1 saturated heterocycles. The van der Waals surface area contributed by atoms with Crippen LogP contribution >= 0.6 is 0 Å². The number of nitrogens with zero attached hydrogens (tertiary/aromatic N) is 1. The maximum atomic E-state index is 5.53. The zero-order valence-corrected chi connectivity index (χ0v) is 17.1. The monoisotopic (exact) mass is 413 g/mol. The number of ether oxygens (including phenoxy) is 3. The van der Waals surface area contributed by atoms with Crippen LogP contribution in [0.1, 0.15) is 19.3 Å². The molecule has 1 rings (SSSR count). The Morgan fingerprint density at radius 2 is 1.32 bits per heavy atom. The Kier molecular flexibility index (Phi) is 22.0. The number of methoxy groups -OCH3 is 3. The summed E-state index contributed by atoms with van der Waals surface area (Å²) in [5, 5.41) is 6.79. The maximum absolute atomic E-state index is 5.53. The number of rotatable bonds is 3. The zero-order chi connectivity index (χ0) is 14.1. The molecular weight excluding hydrogens is 388 g/mol. The molecule has 10 heteroatoms. The van der Waals surface area contributed by atoms with Crippen molar-refractivity contribution in [2.75, 3.05) is 41.0 Å². The Labute approximate surface area is 164 Å². The van der Waals surface area contributed by atoms with Crippen LogP contribution in [0.4, 0.5) is 0 Å². The van der Waals surface area contributed by atoms with Crippen molar-refractivity contribution < 1.29 is 72.1 Å². The van der Waals surface area contributed by atoms with Crippen LogP contribution in [-0.2, 0) is 34.9 Å². The van der Waals surface area contributed by atoms with Crippen molar-refractivity contribution in [2.45, 2.75) is 37.9 Å². The SMILES string of the molecule is COC1CCNC(OC)CC[N]([Ti+3])C(OC)CCN1.[Cl-].[Cl-].[Cl-]. The molecule has 1 aliphatic heterocycles. The second-order valence-corrected chi connectivity index (χ2v) is 5.50. The van der Waals surface area contributed by atoms with Crippen LogP contribution < -0.4 is 47.9 Å². The van der Waals surface area contributed by atoms with E-state index < -0.39 is 0 Å². The first-order valence-electron chi connectivity index (χ1n) is 6.74. The summed E-state index contributed by atoms with van der Waals surface area (Å²) in [5.74, 6) is 0. The summed E-state index contributed by atoms with van der Waals surface area (Å²) in [4.78, 5) is 0. The number of nitrogens with one attached hydrogen (secondary N) is 2. The van der Waals surface area contributed by atoms with Gasteiger partial charge in [-0.2, -0.15) is 0 Å². The van der Waals surface area contributed by atoms with Gasteiger partial charge in [0.1, 0.15) is 0 Å². The van der Waals surface area contributed by atoms with Crippen LogP contribution in [0.2, 0.25) is 0 Å². The van der Waals surface area contributed by atoms with Crippen molar-refractivity contribution in [3.8, 4) is 0 Å². The average Bonchev–Trinajstić information content (AvgIpc) is 2.43. The molecule has 0 aromatic heterocycles. The van der Waals surface area contributed by atoms with Crippen LogP contribution in [0.5, 0.6) is 0 Å². The van der Waals surface area contributed by atoms with Gasteiger partial charge in [0, 0.05) is 0 Å². The van der Waals surface area contributed by atoms with E-state index in [1.165, 1.54) is 0 Å². The molecule has 22 heavy (non-hydrogen) atoms. The van der Waals surface area contributed by atoms with E-state index in [-0.39, 0.29) is 55.9 Å². The molecule has 0 saturated carbocycles. The molecule has 0 aromatic carbocycles. The fraction of sp³-hybridized carbons (Fsp3) is 1.00. The Hall–Kier alpha value is 1.34. The van der Waals surface area contributed by atoms with Crippen molar-refractivity contribution in [2.24, 2.45) is 0 Å². The molecule has 0 spiro atoms. The largest absolute Gasteiger partial charge is 1.00 e. The molecule has 3 unspecified atom stereocenters. The first-order chi connectivity index (χ1) is 9.21. The second-order valence-electron chi connectivity index (χ2n) is 4.61. The summed E-state index contributed by atoms with van der Waals surface area (Å²) in [7, 11) is 5.23. The van der Waals surface area contributed by atoms with E-state index in [4.69, 9.17) is 14.2 Å². The van der Waals surface area contributed by atoms with Gasteiger partial charge in [0.15, 0.2) is 0 Å². The molecule has 0 amide bonds. The second kappa shape index (κ2) is 17.2. The average molecular weight is 415 g/mol. The third-order valence-corrected chi connectivity index (χ3v) is 4.16. The normalized spacial score (nSPS) is 28.1. The van der Waals surface area contributed by atoms with E-state index in [1.807, 2.05) is 0 Å². The van der Waals surface area contributed by atoms with Crippen molar-refractivity contribution in [3.05, 3.63) is 0 Å². The first-order valence-corrected chi connectivity index (χ1v) is 7.44. The summed E-state index contributed by atoms with van der Waals surface area (Å²) in [5.41, 5.74) is 0. The third kappa shape index (κ3) is 11.0. The summed E-state index contributed by atoms with van der Waals surface area (Å²) < 4.78 is 18.6. The molecule has 2 N–H and O–H groups in total. The first kappa shape index (κ1) is 28.2. The van der Waals surface area contributed by atoms with Gasteiger partial charge in [0.05, 0.1) is 0 Å². The number of halogens is 3. The predicted molar refractivity (Wildman–Crippen MR) is 69.0 cm³/mol. The minimum Gasteiger partial charge on any atom is -1.00 e. The van der Waals surface area contributed by atoms with Gasteiger partial charge in [-0.25, -0.2) is 0 Å². The molecule has 6 nitrogen and oxygen atoms in total. The predicted octanol–water partition coefficient (Wildman–Crippen LogP) is -8.96. The zero-order valence-electron chi connectivity index (χ0n) is 13.3. The van der Waals surface area contributed by atoms with E-state index in [2.05, 4.69) is 34.7 Å². The van der Waals surface area contributed by atoms with Gasteiger partial charge in [-0.3, -0.25) is 0 Å². The van der Waals surface area contributed by atoms with E-state index in [9.17, 15) is 0 Å². The molecule has 0 bridgehead atoms. The molecular formula is C12H26Cl3N3O3Ti. The van der Waals surface area contributed by atoms with E-state index >= 15 is 0 Å². The van der Waals surface area contributed by atoms with Crippen LogP contribution in [0.25, 0.3) is 0 Å². The number of hydrogen-bond acceptors (Lipinski definition) is 6. The van der Waals surface area contributed by atoms with Crippen molar-refractivity contribution in [1.29, 1.82) is 0 Å². The molecule has 0 radical (unpaired) electrons. The minimum absolute atomic E-state index is 0. The number of hydrogen-bond donors (Lipinski definition) is 2. The maximum Gasteiger partial charge on any atom is -1.00 e. The molecule has 1 heterocycles. The smallest absolute Gasteiger partial charge is 1.00 e. The quantitative estimate of drug-likeness (QED) is 0.448. The van der Waals surface area contributed by atoms with Crippen molar-refractivity contribution in [3.63, 3.8) is 0 Å². The minimum atomic E-state index is 0. The summed E-state index contributed by atoms with van der Waals surface area (Å²) in [6.07, 6.45) is 3.09. The van der Waals surface area contributed by atoms with Gasteiger partial charge < -0.3 is 37.2 Å². The third-order valence-electron chi connectivity index (χ3n) is 3.36. The Morgan fingerprint density at radius 3 is 1.82 bits per heavy atom. The molecule has 0 aliphatic carbocycles. The summed E-state index contributed by atoms with van der Waals surface area (Å²) in [6, 6.07) is 0. The Bertz CT molecular complexity index is 249. The topological polar surface area (TPSA) is 55.0 Å². The van der Waals surface area contributed by atoms with Gasteiger partial charge in [-0.1, -0.05) is 0 Å². The van der Waals surface area contributed by atoms with Gasteiger partial charge in [0.2, 0.25) is 0 Å². The van der Waals surface area contributed by atoms with Crippen LogP contribution in [0.3, 0.4) is 0 Å². The fourth-order valence-electron chi connectivity index (χ4n) is 2.15.